The molecular formula is C15H24N2S. The van der Waals surface area contributed by atoms with E-state index >= 15 is 0 Å². The summed E-state index contributed by atoms with van der Waals surface area (Å²) in [5.74, 6) is 0. The molecule has 0 spiro atoms. The molecule has 0 radical (unpaired) electrons. The number of hydrogen-bond acceptors (Lipinski definition) is 3. The van der Waals surface area contributed by atoms with Crippen LogP contribution in [0.1, 0.15) is 52.1 Å². The summed E-state index contributed by atoms with van der Waals surface area (Å²) < 4.78 is 0.221. The summed E-state index contributed by atoms with van der Waals surface area (Å²) in [6.45, 7) is 11.4. The number of pyridine rings is 1. The molecule has 100 valence electrons. The quantitative estimate of drug-likeness (QED) is 0.764. The molecule has 0 aromatic carbocycles. The van der Waals surface area contributed by atoms with E-state index in [-0.39, 0.29) is 4.75 Å². The average molecular weight is 264 g/mol. The summed E-state index contributed by atoms with van der Waals surface area (Å²) in [4.78, 5) is 7.19. The number of hydrogen-bond donors (Lipinski definition) is 0. The molecule has 3 heteroatoms. The molecule has 0 aliphatic carbocycles. The topological polar surface area (TPSA) is 16.1 Å². The van der Waals surface area contributed by atoms with Gasteiger partial charge in [-0.25, -0.2) is 4.98 Å². The lowest BCUT2D eigenvalue weighted by Gasteiger charge is -2.26. The van der Waals surface area contributed by atoms with Crippen molar-refractivity contribution in [3.05, 3.63) is 23.9 Å². The molecule has 0 N–H and O–H groups in total. The van der Waals surface area contributed by atoms with Gasteiger partial charge in [0.2, 0.25) is 0 Å². The monoisotopic (exact) mass is 264 g/mol. The van der Waals surface area contributed by atoms with Gasteiger partial charge in [-0.1, -0.05) is 33.8 Å². The molecule has 0 unspecified atom stereocenters. The zero-order valence-electron chi connectivity index (χ0n) is 11.9. The lowest BCUT2D eigenvalue weighted by molar-refractivity contribution is 0.268. The lowest BCUT2D eigenvalue weighted by Crippen LogP contribution is -2.23. The summed E-state index contributed by atoms with van der Waals surface area (Å²) in [5.41, 5.74) is 1.43. The van der Waals surface area contributed by atoms with Crippen molar-refractivity contribution in [2.45, 2.75) is 56.4 Å². The first-order chi connectivity index (χ1) is 8.51. The minimum atomic E-state index is 0.221. The van der Waals surface area contributed by atoms with E-state index in [1.807, 2.05) is 18.0 Å². The van der Waals surface area contributed by atoms with Crippen LogP contribution in [-0.2, 0) is 0 Å². The van der Waals surface area contributed by atoms with Crippen LogP contribution >= 0.6 is 11.8 Å². The summed E-state index contributed by atoms with van der Waals surface area (Å²) in [7, 11) is 0. The molecule has 0 saturated carbocycles. The van der Waals surface area contributed by atoms with E-state index in [0.717, 1.165) is 6.54 Å². The first kappa shape index (κ1) is 13.9. The van der Waals surface area contributed by atoms with E-state index in [9.17, 15) is 0 Å². The summed E-state index contributed by atoms with van der Waals surface area (Å²) >= 11 is 1.89. The molecular weight excluding hydrogens is 240 g/mol. The maximum Gasteiger partial charge on any atom is 0.101 e. The van der Waals surface area contributed by atoms with Gasteiger partial charge in [-0.2, -0.15) is 0 Å². The Morgan fingerprint density at radius 3 is 2.89 bits per heavy atom. The maximum absolute atomic E-state index is 4.61. The Morgan fingerprint density at radius 2 is 2.22 bits per heavy atom. The second kappa shape index (κ2) is 5.62. The molecule has 1 saturated heterocycles. The van der Waals surface area contributed by atoms with Gasteiger partial charge in [0, 0.05) is 22.5 Å². The molecule has 1 fully saturated rings. The van der Waals surface area contributed by atoms with Gasteiger partial charge in [-0.05, 0) is 32.0 Å². The fraction of sp³-hybridized carbons (Fsp3) is 0.667. The number of aromatic nitrogens is 1. The van der Waals surface area contributed by atoms with Gasteiger partial charge >= 0.3 is 0 Å². The molecule has 18 heavy (non-hydrogen) atoms. The maximum atomic E-state index is 4.61. The van der Waals surface area contributed by atoms with Crippen molar-refractivity contribution in [2.75, 3.05) is 13.1 Å². The van der Waals surface area contributed by atoms with Gasteiger partial charge in [0.1, 0.15) is 5.03 Å². The van der Waals surface area contributed by atoms with Crippen LogP contribution in [0.5, 0.6) is 0 Å². The molecule has 2 heterocycles. The number of thioether (sulfide) groups is 1. The summed E-state index contributed by atoms with van der Waals surface area (Å²) in [5, 5.41) is 1.22. The Labute approximate surface area is 115 Å². The van der Waals surface area contributed by atoms with Crippen molar-refractivity contribution in [1.29, 1.82) is 0 Å². The van der Waals surface area contributed by atoms with Gasteiger partial charge in [-0.3, -0.25) is 4.90 Å². The minimum Gasteiger partial charge on any atom is -0.297 e. The van der Waals surface area contributed by atoms with E-state index < -0.39 is 0 Å². The van der Waals surface area contributed by atoms with Crippen molar-refractivity contribution in [2.24, 2.45) is 0 Å². The highest BCUT2D eigenvalue weighted by Crippen LogP contribution is 2.39. The highest BCUT2D eigenvalue weighted by Gasteiger charge is 2.28. The van der Waals surface area contributed by atoms with Gasteiger partial charge in [0.15, 0.2) is 0 Å². The van der Waals surface area contributed by atoms with Crippen molar-refractivity contribution >= 4 is 11.8 Å². The first-order valence-corrected chi connectivity index (χ1v) is 7.71. The van der Waals surface area contributed by atoms with Gasteiger partial charge in [0.25, 0.3) is 0 Å². The predicted molar refractivity (Wildman–Crippen MR) is 79.1 cm³/mol. The van der Waals surface area contributed by atoms with Crippen LogP contribution in [0.4, 0.5) is 0 Å². The van der Waals surface area contributed by atoms with Crippen LogP contribution in [0.15, 0.2) is 23.4 Å². The molecule has 1 aromatic heterocycles. The Bertz CT molecular complexity index is 398. The lowest BCUT2D eigenvalue weighted by atomic mass is 10.1. The van der Waals surface area contributed by atoms with E-state index in [1.165, 1.54) is 30.0 Å². The Balaban J connectivity index is 2.27. The van der Waals surface area contributed by atoms with Crippen LogP contribution in [0, 0.1) is 0 Å². The molecule has 2 rings (SSSR count). The van der Waals surface area contributed by atoms with Crippen LogP contribution in [0.2, 0.25) is 0 Å². The number of nitrogens with zero attached hydrogens (tertiary/aromatic N) is 2. The van der Waals surface area contributed by atoms with Crippen LogP contribution in [-0.4, -0.2) is 27.7 Å². The summed E-state index contributed by atoms with van der Waals surface area (Å²) in [6.07, 6.45) is 4.51. The number of likely N-dealkylation sites (tertiary alicyclic amines) is 1. The van der Waals surface area contributed by atoms with Crippen molar-refractivity contribution in [1.82, 2.24) is 9.88 Å². The van der Waals surface area contributed by atoms with Crippen LogP contribution in [0.3, 0.4) is 0 Å². The smallest absolute Gasteiger partial charge is 0.101 e. The van der Waals surface area contributed by atoms with E-state index in [0.29, 0.717) is 6.04 Å². The van der Waals surface area contributed by atoms with Gasteiger partial charge in [-0.15, -0.1) is 11.8 Å². The molecule has 2 nitrogen and oxygen atoms in total. The third-order valence-corrected chi connectivity index (χ3v) is 4.48. The summed E-state index contributed by atoms with van der Waals surface area (Å²) in [6, 6.07) is 4.92. The molecule has 1 aliphatic rings. The fourth-order valence-electron chi connectivity index (χ4n) is 2.59. The first-order valence-electron chi connectivity index (χ1n) is 6.89. The second-order valence-corrected chi connectivity index (χ2v) is 7.71. The normalized spacial score (nSPS) is 21.4. The largest absolute Gasteiger partial charge is 0.297 e. The molecule has 0 bridgehead atoms. The Morgan fingerprint density at radius 1 is 1.44 bits per heavy atom. The molecule has 0 amide bonds. The Hall–Kier alpha value is -0.540. The van der Waals surface area contributed by atoms with Crippen molar-refractivity contribution < 1.29 is 0 Å². The minimum absolute atomic E-state index is 0.221. The van der Waals surface area contributed by atoms with E-state index in [2.05, 4.69) is 49.7 Å². The highest BCUT2D eigenvalue weighted by atomic mass is 32.2. The predicted octanol–water partition coefficient (Wildman–Crippen LogP) is 4.13. The zero-order valence-corrected chi connectivity index (χ0v) is 12.8. The van der Waals surface area contributed by atoms with E-state index in [4.69, 9.17) is 0 Å². The third-order valence-electron chi connectivity index (χ3n) is 3.33. The Kier molecular flexibility index (Phi) is 4.33. The second-order valence-electron chi connectivity index (χ2n) is 5.90. The average Bonchev–Trinajstić information content (AvgIpc) is 2.75. The molecule has 1 atom stereocenters. The van der Waals surface area contributed by atoms with E-state index in [1.54, 1.807) is 0 Å². The van der Waals surface area contributed by atoms with Gasteiger partial charge in [0.05, 0.1) is 0 Å². The highest BCUT2D eigenvalue weighted by molar-refractivity contribution is 8.00. The zero-order chi connectivity index (χ0) is 13.2. The molecule has 1 aliphatic heterocycles. The van der Waals surface area contributed by atoms with Crippen molar-refractivity contribution in [3.8, 4) is 0 Å². The SMILES string of the molecule is CCN1CCC[C@H]1c1cccnc1SC(C)(C)C. The van der Waals surface area contributed by atoms with Gasteiger partial charge < -0.3 is 0 Å². The number of rotatable bonds is 3. The van der Waals surface area contributed by atoms with Crippen molar-refractivity contribution in [3.63, 3.8) is 0 Å². The fourth-order valence-corrected chi connectivity index (χ4v) is 3.60. The van der Waals surface area contributed by atoms with Crippen LogP contribution < -0.4 is 0 Å². The third kappa shape index (κ3) is 3.27. The standard InChI is InChI=1S/C15H24N2S/c1-5-17-11-7-9-13(17)12-8-6-10-16-14(12)18-15(2,3)4/h6,8,10,13H,5,7,9,11H2,1-4H3/t13-/m0/s1. The molecule has 1 aromatic rings. The van der Waals surface area contributed by atoms with Crippen LogP contribution in [0.25, 0.3) is 0 Å².